The van der Waals surface area contributed by atoms with Crippen LogP contribution in [0.4, 0.5) is 0 Å². The van der Waals surface area contributed by atoms with Crippen LogP contribution in [0.2, 0.25) is 0 Å². The number of carbonyl (C=O) groups excluding carboxylic acids is 2. The van der Waals surface area contributed by atoms with Crippen molar-refractivity contribution in [3.05, 3.63) is 35.9 Å². The van der Waals surface area contributed by atoms with Gasteiger partial charge in [-0.05, 0) is 37.2 Å². The lowest BCUT2D eigenvalue weighted by atomic mass is 9.74. The normalized spacial score (nSPS) is 13.6. The summed E-state index contributed by atoms with van der Waals surface area (Å²) in [6.45, 7) is 3.85. The molecule has 0 aromatic heterocycles. The number of nitrogens with two attached hydrogens (primary N) is 1. The zero-order valence-electron chi connectivity index (χ0n) is 13.3. The molecule has 22 heavy (non-hydrogen) atoms. The second-order valence-electron chi connectivity index (χ2n) is 6.18. The van der Waals surface area contributed by atoms with E-state index >= 15 is 0 Å². The molecule has 2 amide bonds. The van der Waals surface area contributed by atoms with Crippen LogP contribution in [0.15, 0.2) is 30.3 Å². The number of carbonyl (C=O) groups is 2. The molecular formula is C17H26N2O3. The van der Waals surface area contributed by atoms with E-state index in [-0.39, 0.29) is 5.92 Å². The number of nitrogens with one attached hydrogen (secondary N) is 1. The van der Waals surface area contributed by atoms with Crippen molar-refractivity contribution in [1.82, 2.24) is 5.48 Å². The molecule has 0 saturated carbocycles. The molecule has 1 aromatic carbocycles. The Morgan fingerprint density at radius 3 is 2.36 bits per heavy atom. The summed E-state index contributed by atoms with van der Waals surface area (Å²) in [5, 5.41) is 8.96. The van der Waals surface area contributed by atoms with E-state index in [1.54, 1.807) is 5.48 Å². The molecule has 0 bridgehead atoms. The van der Waals surface area contributed by atoms with Crippen LogP contribution in [0.3, 0.4) is 0 Å². The lowest BCUT2D eigenvalue weighted by molar-refractivity contribution is -0.149. The highest BCUT2D eigenvalue weighted by atomic mass is 16.5. The summed E-state index contributed by atoms with van der Waals surface area (Å²) >= 11 is 0. The van der Waals surface area contributed by atoms with Gasteiger partial charge < -0.3 is 5.73 Å². The Kier molecular flexibility index (Phi) is 7.05. The van der Waals surface area contributed by atoms with Gasteiger partial charge in [0, 0.05) is 0 Å². The van der Waals surface area contributed by atoms with E-state index in [2.05, 4.69) is 12.1 Å². The van der Waals surface area contributed by atoms with Gasteiger partial charge in [-0.2, -0.15) is 0 Å². The van der Waals surface area contributed by atoms with Crippen molar-refractivity contribution >= 4 is 11.8 Å². The fourth-order valence-electron chi connectivity index (χ4n) is 2.85. The number of amides is 2. The van der Waals surface area contributed by atoms with Gasteiger partial charge in [0.05, 0.1) is 0 Å². The van der Waals surface area contributed by atoms with Gasteiger partial charge in [-0.1, -0.05) is 50.6 Å². The van der Waals surface area contributed by atoms with Crippen LogP contribution >= 0.6 is 0 Å². The summed E-state index contributed by atoms with van der Waals surface area (Å²) in [6, 6.07) is 10.0. The smallest absolute Gasteiger partial charge is 0.259 e. The summed E-state index contributed by atoms with van der Waals surface area (Å²) < 4.78 is 0. The largest absolute Gasteiger partial charge is 0.369 e. The third-order valence-corrected chi connectivity index (χ3v) is 3.93. The lowest BCUT2D eigenvalue weighted by Crippen LogP contribution is -2.49. The summed E-state index contributed by atoms with van der Waals surface area (Å²) in [5.41, 5.74) is 6.98. The number of aryl methyl sites for hydroxylation is 1. The number of hydrogen-bond acceptors (Lipinski definition) is 3. The van der Waals surface area contributed by atoms with E-state index in [1.165, 1.54) is 5.56 Å². The average Bonchev–Trinajstić information content (AvgIpc) is 2.49. The van der Waals surface area contributed by atoms with Gasteiger partial charge in [0.25, 0.3) is 5.91 Å². The molecule has 0 spiro atoms. The van der Waals surface area contributed by atoms with Crippen LogP contribution in [-0.2, 0) is 16.0 Å². The van der Waals surface area contributed by atoms with E-state index in [0.717, 1.165) is 12.8 Å². The summed E-state index contributed by atoms with van der Waals surface area (Å²) in [5.74, 6) is -1.25. The minimum Gasteiger partial charge on any atom is -0.369 e. The van der Waals surface area contributed by atoms with Gasteiger partial charge in [-0.15, -0.1) is 0 Å². The highest BCUT2D eigenvalue weighted by molar-refractivity contribution is 6.03. The van der Waals surface area contributed by atoms with Crippen molar-refractivity contribution in [2.45, 2.75) is 46.0 Å². The van der Waals surface area contributed by atoms with Crippen LogP contribution in [-0.4, -0.2) is 17.0 Å². The minimum atomic E-state index is -1.33. The fraction of sp³-hybridized carbons (Fsp3) is 0.529. The van der Waals surface area contributed by atoms with E-state index in [1.807, 2.05) is 32.0 Å². The molecule has 5 nitrogen and oxygen atoms in total. The average molecular weight is 306 g/mol. The fourth-order valence-corrected chi connectivity index (χ4v) is 2.85. The molecule has 0 aliphatic heterocycles. The van der Waals surface area contributed by atoms with Gasteiger partial charge >= 0.3 is 0 Å². The molecule has 0 aliphatic rings. The molecule has 0 radical (unpaired) electrons. The number of unbranched alkanes of at least 4 members (excludes halogenated alkanes) is 1. The third-order valence-electron chi connectivity index (χ3n) is 3.93. The van der Waals surface area contributed by atoms with Crippen LogP contribution in [0.25, 0.3) is 0 Å². The van der Waals surface area contributed by atoms with Crippen molar-refractivity contribution in [3.63, 3.8) is 0 Å². The molecule has 0 aliphatic carbocycles. The zero-order chi connectivity index (χ0) is 16.6. The first-order valence-corrected chi connectivity index (χ1v) is 7.70. The molecule has 0 saturated heterocycles. The Morgan fingerprint density at radius 1 is 1.23 bits per heavy atom. The highest BCUT2D eigenvalue weighted by Gasteiger charge is 2.44. The standard InChI is InChI=1S/C17H26N2O3/c1-13(2)12-17(15(18)20,16(21)19-22)11-7-6-10-14-8-4-3-5-9-14/h3-5,8-9,13,22H,6-7,10-12H2,1-2H3,(H2,18,20)(H,19,21)/t17-/m0/s1. The first-order chi connectivity index (χ1) is 10.4. The molecule has 0 fully saturated rings. The molecule has 1 rings (SSSR count). The van der Waals surface area contributed by atoms with Crippen molar-refractivity contribution < 1.29 is 14.8 Å². The minimum absolute atomic E-state index is 0.124. The maximum atomic E-state index is 12.0. The number of hydroxylamine groups is 1. The quantitative estimate of drug-likeness (QED) is 0.283. The van der Waals surface area contributed by atoms with Crippen molar-refractivity contribution in [3.8, 4) is 0 Å². The SMILES string of the molecule is CC(C)C[C@@](CCCCc1ccccc1)(C(N)=O)C(=O)NO. The van der Waals surface area contributed by atoms with Gasteiger partial charge in [0.1, 0.15) is 5.41 Å². The van der Waals surface area contributed by atoms with E-state index in [0.29, 0.717) is 19.3 Å². The zero-order valence-corrected chi connectivity index (χ0v) is 13.3. The summed E-state index contributed by atoms with van der Waals surface area (Å²) in [4.78, 5) is 23.9. The third kappa shape index (κ3) is 4.84. The van der Waals surface area contributed by atoms with Crippen molar-refractivity contribution in [1.29, 1.82) is 0 Å². The molecule has 1 aromatic rings. The first-order valence-electron chi connectivity index (χ1n) is 7.70. The van der Waals surface area contributed by atoms with E-state index in [9.17, 15) is 9.59 Å². The predicted molar refractivity (Wildman–Crippen MR) is 85.0 cm³/mol. The van der Waals surface area contributed by atoms with Crippen LogP contribution in [0.1, 0.15) is 45.1 Å². The maximum absolute atomic E-state index is 12.0. The van der Waals surface area contributed by atoms with E-state index in [4.69, 9.17) is 10.9 Å². The molecule has 122 valence electrons. The Hall–Kier alpha value is -1.88. The molecule has 1 atom stereocenters. The number of benzene rings is 1. The number of primary amides is 1. The molecule has 0 heterocycles. The van der Waals surface area contributed by atoms with Crippen molar-refractivity contribution in [2.75, 3.05) is 0 Å². The molecular weight excluding hydrogens is 280 g/mol. The summed E-state index contributed by atoms with van der Waals surface area (Å²) in [7, 11) is 0. The van der Waals surface area contributed by atoms with Crippen LogP contribution in [0, 0.1) is 11.3 Å². The Morgan fingerprint density at radius 2 is 1.86 bits per heavy atom. The van der Waals surface area contributed by atoms with Gasteiger partial charge in [0.2, 0.25) is 5.91 Å². The lowest BCUT2D eigenvalue weighted by Gasteiger charge is -2.29. The second-order valence-corrected chi connectivity index (χ2v) is 6.18. The summed E-state index contributed by atoms with van der Waals surface area (Å²) in [6.07, 6.45) is 3.12. The highest BCUT2D eigenvalue weighted by Crippen LogP contribution is 2.33. The number of hydrogen-bond donors (Lipinski definition) is 3. The van der Waals surface area contributed by atoms with Gasteiger partial charge in [-0.3, -0.25) is 14.8 Å². The van der Waals surface area contributed by atoms with Crippen molar-refractivity contribution in [2.24, 2.45) is 17.1 Å². The molecule has 0 unspecified atom stereocenters. The van der Waals surface area contributed by atoms with Gasteiger partial charge in [0.15, 0.2) is 0 Å². The molecule has 4 N–H and O–H groups in total. The predicted octanol–water partition coefficient (Wildman–Crippen LogP) is 2.42. The maximum Gasteiger partial charge on any atom is 0.259 e. The second kappa shape index (κ2) is 8.54. The first kappa shape index (κ1) is 18.2. The Bertz CT molecular complexity index is 488. The molecule has 5 heteroatoms. The van der Waals surface area contributed by atoms with Gasteiger partial charge in [-0.25, -0.2) is 5.48 Å². The number of rotatable bonds is 9. The Balaban J connectivity index is 2.68. The van der Waals surface area contributed by atoms with Crippen LogP contribution in [0.5, 0.6) is 0 Å². The van der Waals surface area contributed by atoms with Crippen LogP contribution < -0.4 is 11.2 Å². The Labute approximate surface area is 131 Å². The van der Waals surface area contributed by atoms with E-state index < -0.39 is 17.2 Å². The monoisotopic (exact) mass is 306 g/mol. The topological polar surface area (TPSA) is 92.4 Å².